The van der Waals surface area contributed by atoms with Crippen LogP contribution in [0.3, 0.4) is 0 Å². The smallest absolute Gasteiger partial charge is 0.220 e. The van der Waals surface area contributed by atoms with Gasteiger partial charge in [-0.15, -0.1) is 11.3 Å². The second-order valence-electron chi connectivity index (χ2n) is 3.05. The zero-order chi connectivity index (χ0) is 9.68. The molecule has 1 N–H and O–H groups in total. The number of carbonyl (C=O) groups is 1. The molecule has 0 spiro atoms. The summed E-state index contributed by atoms with van der Waals surface area (Å²) in [6.45, 7) is 4.02. The average Bonchev–Trinajstić information content (AvgIpc) is 2.55. The molecule has 0 bridgehead atoms. The third-order valence-electron chi connectivity index (χ3n) is 1.82. The maximum absolute atomic E-state index is 11.2. The van der Waals surface area contributed by atoms with Crippen LogP contribution in [-0.4, -0.2) is 5.91 Å². The molecule has 1 atom stereocenters. The van der Waals surface area contributed by atoms with E-state index in [0.717, 1.165) is 6.42 Å². The van der Waals surface area contributed by atoms with E-state index in [-0.39, 0.29) is 11.9 Å². The van der Waals surface area contributed by atoms with Crippen molar-refractivity contribution in [1.82, 2.24) is 5.32 Å². The fourth-order valence-electron chi connectivity index (χ4n) is 1.15. The van der Waals surface area contributed by atoms with Gasteiger partial charge in [0.05, 0.1) is 6.04 Å². The van der Waals surface area contributed by atoms with E-state index in [1.54, 1.807) is 11.3 Å². The lowest BCUT2D eigenvalue weighted by molar-refractivity contribution is -0.121. The second kappa shape index (κ2) is 5.02. The Hall–Kier alpha value is -0.830. The van der Waals surface area contributed by atoms with Gasteiger partial charge in [0.1, 0.15) is 0 Å². The van der Waals surface area contributed by atoms with Crippen LogP contribution in [0.2, 0.25) is 0 Å². The quantitative estimate of drug-likeness (QED) is 0.790. The van der Waals surface area contributed by atoms with Crippen molar-refractivity contribution in [2.45, 2.75) is 32.7 Å². The minimum atomic E-state index is 0.142. The van der Waals surface area contributed by atoms with Gasteiger partial charge in [-0.3, -0.25) is 4.79 Å². The molecule has 1 amide bonds. The summed E-state index contributed by atoms with van der Waals surface area (Å²) in [5, 5.41) is 4.98. The molecule has 1 aromatic rings. The molecule has 1 aromatic heterocycles. The number of hydrogen-bond acceptors (Lipinski definition) is 2. The molecule has 0 aliphatic carbocycles. The molecule has 1 rings (SSSR count). The van der Waals surface area contributed by atoms with E-state index < -0.39 is 0 Å². The topological polar surface area (TPSA) is 29.1 Å². The van der Waals surface area contributed by atoms with Gasteiger partial charge in [-0.2, -0.15) is 0 Å². The maximum Gasteiger partial charge on any atom is 0.220 e. The van der Waals surface area contributed by atoms with Gasteiger partial charge in [0.2, 0.25) is 5.91 Å². The number of thiophene rings is 1. The summed E-state index contributed by atoms with van der Waals surface area (Å²) in [5.74, 6) is 0.142. The van der Waals surface area contributed by atoms with Gasteiger partial charge in [0, 0.05) is 11.3 Å². The molecular weight excluding hydrogens is 182 g/mol. The molecule has 2 nitrogen and oxygen atoms in total. The minimum absolute atomic E-state index is 0.142. The highest BCUT2D eigenvalue weighted by molar-refractivity contribution is 7.10. The Bertz CT molecular complexity index is 256. The van der Waals surface area contributed by atoms with Crippen molar-refractivity contribution < 1.29 is 4.79 Å². The molecule has 0 aliphatic heterocycles. The highest BCUT2D eigenvalue weighted by Crippen LogP contribution is 2.17. The predicted molar refractivity (Wildman–Crippen MR) is 55.8 cm³/mol. The largest absolute Gasteiger partial charge is 0.349 e. The Balaban J connectivity index is 2.42. The summed E-state index contributed by atoms with van der Waals surface area (Å²) >= 11 is 1.68. The average molecular weight is 197 g/mol. The van der Waals surface area contributed by atoms with Gasteiger partial charge < -0.3 is 5.32 Å². The van der Waals surface area contributed by atoms with Crippen molar-refractivity contribution in [2.24, 2.45) is 0 Å². The van der Waals surface area contributed by atoms with Gasteiger partial charge in [-0.25, -0.2) is 0 Å². The van der Waals surface area contributed by atoms with E-state index in [1.807, 2.05) is 31.4 Å². The molecule has 0 saturated carbocycles. The van der Waals surface area contributed by atoms with E-state index in [4.69, 9.17) is 0 Å². The first-order valence-electron chi connectivity index (χ1n) is 4.56. The zero-order valence-electron chi connectivity index (χ0n) is 8.04. The summed E-state index contributed by atoms with van der Waals surface area (Å²) in [4.78, 5) is 12.5. The molecule has 1 heterocycles. The fraction of sp³-hybridized carbons (Fsp3) is 0.500. The van der Waals surface area contributed by atoms with Crippen molar-refractivity contribution in [2.75, 3.05) is 0 Å². The number of hydrogen-bond donors (Lipinski definition) is 1. The first kappa shape index (κ1) is 10.3. The molecule has 0 unspecified atom stereocenters. The van der Waals surface area contributed by atoms with Gasteiger partial charge in [0.25, 0.3) is 0 Å². The molecule has 72 valence electrons. The molecule has 0 fully saturated rings. The van der Waals surface area contributed by atoms with Crippen LogP contribution < -0.4 is 5.32 Å². The van der Waals surface area contributed by atoms with Gasteiger partial charge in [-0.1, -0.05) is 13.0 Å². The summed E-state index contributed by atoms with van der Waals surface area (Å²) in [6.07, 6.45) is 1.53. The molecule has 0 aromatic carbocycles. The lowest BCUT2D eigenvalue weighted by Gasteiger charge is -2.11. The lowest BCUT2D eigenvalue weighted by Crippen LogP contribution is -2.25. The third kappa shape index (κ3) is 3.19. The minimum Gasteiger partial charge on any atom is -0.349 e. The van der Waals surface area contributed by atoms with Crippen LogP contribution in [0.1, 0.15) is 37.6 Å². The van der Waals surface area contributed by atoms with Crippen LogP contribution in [0.5, 0.6) is 0 Å². The van der Waals surface area contributed by atoms with Crippen LogP contribution in [0.4, 0.5) is 0 Å². The van der Waals surface area contributed by atoms with E-state index in [9.17, 15) is 4.79 Å². The Morgan fingerprint density at radius 2 is 2.46 bits per heavy atom. The van der Waals surface area contributed by atoms with Crippen molar-refractivity contribution in [3.05, 3.63) is 22.4 Å². The molecule has 0 radical (unpaired) electrons. The lowest BCUT2D eigenvalue weighted by atomic mass is 10.2. The third-order valence-corrected chi connectivity index (χ3v) is 2.88. The van der Waals surface area contributed by atoms with Crippen LogP contribution in [0.25, 0.3) is 0 Å². The van der Waals surface area contributed by atoms with Crippen LogP contribution >= 0.6 is 11.3 Å². The summed E-state index contributed by atoms with van der Waals surface area (Å²) < 4.78 is 0. The van der Waals surface area contributed by atoms with Gasteiger partial charge >= 0.3 is 0 Å². The SMILES string of the molecule is CCCC(=O)N[C@H](C)c1cccs1. The Kier molecular flexibility index (Phi) is 3.96. The second-order valence-corrected chi connectivity index (χ2v) is 4.03. The summed E-state index contributed by atoms with van der Waals surface area (Å²) in [7, 11) is 0. The molecule has 3 heteroatoms. The maximum atomic E-state index is 11.2. The highest BCUT2D eigenvalue weighted by atomic mass is 32.1. The standard InChI is InChI=1S/C10H15NOS/c1-3-5-10(12)11-8(2)9-6-4-7-13-9/h4,6-8H,3,5H2,1-2H3,(H,11,12)/t8-/m1/s1. The molecule has 0 aliphatic rings. The Labute approximate surface area is 83.0 Å². The summed E-state index contributed by atoms with van der Waals surface area (Å²) in [6, 6.07) is 4.20. The van der Waals surface area contributed by atoms with E-state index in [0.29, 0.717) is 6.42 Å². The zero-order valence-corrected chi connectivity index (χ0v) is 8.86. The first-order chi connectivity index (χ1) is 6.24. The molecule has 0 saturated heterocycles. The van der Waals surface area contributed by atoms with Crippen molar-refractivity contribution in [1.29, 1.82) is 0 Å². The van der Waals surface area contributed by atoms with Crippen LogP contribution in [0.15, 0.2) is 17.5 Å². The summed E-state index contributed by atoms with van der Waals surface area (Å²) in [5.41, 5.74) is 0. The van der Waals surface area contributed by atoms with Crippen molar-refractivity contribution in [3.63, 3.8) is 0 Å². The van der Waals surface area contributed by atoms with Gasteiger partial charge in [0.15, 0.2) is 0 Å². The Morgan fingerprint density at radius 1 is 1.69 bits per heavy atom. The van der Waals surface area contributed by atoms with E-state index >= 15 is 0 Å². The van der Waals surface area contributed by atoms with Crippen LogP contribution in [-0.2, 0) is 4.79 Å². The monoisotopic (exact) mass is 197 g/mol. The first-order valence-corrected chi connectivity index (χ1v) is 5.44. The van der Waals surface area contributed by atoms with E-state index in [1.165, 1.54) is 4.88 Å². The number of carbonyl (C=O) groups excluding carboxylic acids is 1. The van der Waals surface area contributed by atoms with Crippen molar-refractivity contribution >= 4 is 17.2 Å². The number of nitrogens with one attached hydrogen (secondary N) is 1. The predicted octanol–water partition coefficient (Wildman–Crippen LogP) is 2.73. The normalized spacial score (nSPS) is 12.5. The Morgan fingerprint density at radius 3 is 3.00 bits per heavy atom. The fourth-order valence-corrected chi connectivity index (χ4v) is 1.88. The van der Waals surface area contributed by atoms with Crippen LogP contribution in [0, 0.1) is 0 Å². The molecular formula is C10H15NOS. The van der Waals surface area contributed by atoms with E-state index in [2.05, 4.69) is 5.32 Å². The van der Waals surface area contributed by atoms with Gasteiger partial charge in [-0.05, 0) is 24.8 Å². The highest BCUT2D eigenvalue weighted by Gasteiger charge is 2.08. The number of rotatable bonds is 4. The number of amides is 1. The van der Waals surface area contributed by atoms with Crippen molar-refractivity contribution in [3.8, 4) is 0 Å². The molecule has 13 heavy (non-hydrogen) atoms.